The predicted molar refractivity (Wildman–Crippen MR) is 264 cm³/mol. The summed E-state index contributed by atoms with van der Waals surface area (Å²) in [5, 5.41) is 9.97. The fourth-order valence-corrected chi connectivity index (χ4v) is 9.57. The summed E-state index contributed by atoms with van der Waals surface area (Å²) in [7, 11) is 0. The van der Waals surface area contributed by atoms with Gasteiger partial charge in [0.05, 0.1) is 16.7 Å². The van der Waals surface area contributed by atoms with Gasteiger partial charge >= 0.3 is 0 Å². The van der Waals surface area contributed by atoms with Crippen molar-refractivity contribution in [1.29, 1.82) is 0 Å². The Balaban J connectivity index is 0.949. The molecule has 0 saturated carbocycles. The summed E-state index contributed by atoms with van der Waals surface area (Å²) in [5.41, 5.74) is 14.1. The summed E-state index contributed by atoms with van der Waals surface area (Å²) in [4.78, 5) is 2.41. The lowest BCUT2D eigenvalue weighted by Crippen LogP contribution is -2.10. The van der Waals surface area contributed by atoms with Crippen molar-refractivity contribution in [3.05, 3.63) is 243 Å². The van der Waals surface area contributed by atoms with E-state index in [0.717, 1.165) is 22.7 Å². The maximum atomic E-state index is 2.41. The normalized spacial score (nSPS) is 11.5. The van der Waals surface area contributed by atoms with Crippen molar-refractivity contribution in [2.45, 2.75) is 0 Å². The zero-order valence-electron chi connectivity index (χ0n) is 34.0. The maximum Gasteiger partial charge on any atom is 0.0547 e. The van der Waals surface area contributed by atoms with E-state index < -0.39 is 0 Å². The molecule has 0 N–H and O–H groups in total. The third-order valence-electron chi connectivity index (χ3n) is 12.6. The van der Waals surface area contributed by atoms with Crippen LogP contribution in [0.15, 0.2) is 243 Å². The van der Waals surface area contributed by atoms with Gasteiger partial charge in [0.25, 0.3) is 0 Å². The first-order valence-corrected chi connectivity index (χ1v) is 21.3. The van der Waals surface area contributed by atoms with Crippen molar-refractivity contribution in [3.63, 3.8) is 0 Å². The van der Waals surface area contributed by atoms with Gasteiger partial charge in [0.15, 0.2) is 0 Å². The van der Waals surface area contributed by atoms with Crippen molar-refractivity contribution < 1.29 is 0 Å². The van der Waals surface area contributed by atoms with Crippen LogP contribution in [0.2, 0.25) is 0 Å². The molecule has 1 heterocycles. The molecule has 0 amide bonds. The van der Waals surface area contributed by atoms with Crippen LogP contribution in [-0.4, -0.2) is 4.57 Å². The van der Waals surface area contributed by atoms with Crippen LogP contribution in [0, 0.1) is 0 Å². The van der Waals surface area contributed by atoms with Crippen LogP contribution in [0.3, 0.4) is 0 Å². The predicted octanol–water partition coefficient (Wildman–Crippen LogP) is 16.7. The molecule has 2 nitrogen and oxygen atoms in total. The van der Waals surface area contributed by atoms with E-state index in [1.807, 2.05) is 0 Å². The Morgan fingerprint density at radius 1 is 0.274 bits per heavy atom. The van der Waals surface area contributed by atoms with Gasteiger partial charge in [0.1, 0.15) is 0 Å². The van der Waals surface area contributed by atoms with E-state index in [2.05, 4.69) is 252 Å². The number of para-hydroxylation sites is 1. The Hall–Kier alpha value is -8.20. The Kier molecular flexibility index (Phi) is 8.53. The van der Waals surface area contributed by atoms with Gasteiger partial charge in [-0.25, -0.2) is 0 Å². The lowest BCUT2D eigenvalue weighted by Gasteiger charge is -2.28. The Bertz CT molecular complexity index is 3600. The molecule has 290 valence electrons. The van der Waals surface area contributed by atoms with E-state index in [-0.39, 0.29) is 0 Å². The molecule has 11 aromatic carbocycles. The van der Waals surface area contributed by atoms with Crippen molar-refractivity contribution in [2.75, 3.05) is 4.90 Å². The summed E-state index contributed by atoms with van der Waals surface area (Å²) in [6.45, 7) is 0. The number of hydrogen-bond donors (Lipinski definition) is 0. The summed E-state index contributed by atoms with van der Waals surface area (Å²) >= 11 is 0. The standard InChI is InChI=1S/C60H40N2/c1-2-13-41(14-3-1)42-25-31-48(32-26-42)61(59-38-37-54(53-20-8-9-21-55(53)59)52-23-12-18-45-15-6-7-19-51(45)52)49-33-27-43(28-34-49)44-29-35-50(36-30-44)62-58-24-11-10-22-56(58)57-39-46-16-4-5-17-47(46)40-60(57)62/h1-40H. The maximum absolute atomic E-state index is 2.41. The fourth-order valence-electron chi connectivity index (χ4n) is 9.57. The summed E-state index contributed by atoms with van der Waals surface area (Å²) in [6, 6.07) is 88.4. The number of hydrogen-bond acceptors (Lipinski definition) is 1. The average molecular weight is 789 g/mol. The molecule has 0 saturated heterocycles. The molecule has 0 aliphatic heterocycles. The van der Waals surface area contributed by atoms with E-state index in [1.54, 1.807) is 0 Å². The molecular weight excluding hydrogens is 749 g/mol. The van der Waals surface area contributed by atoms with Gasteiger partial charge in [-0.2, -0.15) is 0 Å². The van der Waals surface area contributed by atoms with Crippen molar-refractivity contribution in [1.82, 2.24) is 4.57 Å². The minimum atomic E-state index is 1.10. The second kappa shape index (κ2) is 14.8. The van der Waals surface area contributed by atoms with Crippen LogP contribution in [0.4, 0.5) is 17.1 Å². The van der Waals surface area contributed by atoms with Gasteiger partial charge in [0, 0.05) is 33.2 Å². The van der Waals surface area contributed by atoms with Gasteiger partial charge in [-0.3, -0.25) is 0 Å². The molecule has 0 aliphatic rings. The van der Waals surface area contributed by atoms with E-state index in [4.69, 9.17) is 0 Å². The third-order valence-corrected chi connectivity index (χ3v) is 12.6. The SMILES string of the molecule is c1ccc(-c2ccc(N(c3ccc(-c4ccc(-n5c6ccccc6c6cc7ccccc7cc65)cc4)cc3)c3ccc(-c4cccc5ccccc45)c4ccccc34)cc2)cc1. The molecular formula is C60H40N2. The monoisotopic (exact) mass is 788 g/mol. The summed E-state index contributed by atoms with van der Waals surface area (Å²) in [5.74, 6) is 0. The first kappa shape index (κ1) is 35.7. The van der Waals surface area contributed by atoms with Crippen LogP contribution in [0.5, 0.6) is 0 Å². The number of anilines is 3. The number of rotatable bonds is 7. The summed E-state index contributed by atoms with van der Waals surface area (Å²) in [6.07, 6.45) is 0. The molecule has 12 aromatic rings. The molecule has 2 heteroatoms. The average Bonchev–Trinajstić information content (AvgIpc) is 3.67. The molecule has 0 unspecified atom stereocenters. The Morgan fingerprint density at radius 3 is 1.47 bits per heavy atom. The molecule has 0 radical (unpaired) electrons. The molecule has 0 spiro atoms. The van der Waals surface area contributed by atoms with Crippen LogP contribution in [0.25, 0.3) is 93.2 Å². The van der Waals surface area contributed by atoms with Gasteiger partial charge < -0.3 is 9.47 Å². The van der Waals surface area contributed by atoms with Crippen LogP contribution >= 0.6 is 0 Å². The van der Waals surface area contributed by atoms with Gasteiger partial charge in [-0.05, 0) is 121 Å². The minimum Gasteiger partial charge on any atom is -0.310 e. The highest BCUT2D eigenvalue weighted by Crippen LogP contribution is 2.44. The Labute approximate surface area is 360 Å². The zero-order chi connectivity index (χ0) is 41.0. The number of nitrogens with zero attached hydrogens (tertiary/aromatic N) is 2. The third kappa shape index (κ3) is 6.04. The second-order valence-electron chi connectivity index (χ2n) is 16.1. The van der Waals surface area contributed by atoms with Crippen molar-refractivity contribution >= 4 is 71.2 Å². The zero-order valence-corrected chi connectivity index (χ0v) is 34.0. The number of benzene rings is 11. The second-order valence-corrected chi connectivity index (χ2v) is 16.1. The molecule has 0 atom stereocenters. The highest BCUT2D eigenvalue weighted by molar-refractivity contribution is 6.14. The molecule has 0 aliphatic carbocycles. The Morgan fingerprint density at radius 2 is 0.774 bits per heavy atom. The number of aromatic nitrogens is 1. The van der Waals surface area contributed by atoms with Gasteiger partial charge in [0.2, 0.25) is 0 Å². The topological polar surface area (TPSA) is 8.17 Å². The van der Waals surface area contributed by atoms with Crippen LogP contribution in [-0.2, 0) is 0 Å². The largest absolute Gasteiger partial charge is 0.310 e. The van der Waals surface area contributed by atoms with Crippen LogP contribution in [0.1, 0.15) is 0 Å². The van der Waals surface area contributed by atoms with Gasteiger partial charge in [-0.1, -0.05) is 182 Å². The lowest BCUT2D eigenvalue weighted by atomic mass is 9.93. The quantitative estimate of drug-likeness (QED) is 0.156. The molecule has 12 rings (SSSR count). The van der Waals surface area contributed by atoms with Crippen molar-refractivity contribution in [3.8, 4) is 39.1 Å². The van der Waals surface area contributed by atoms with E-state index in [0.29, 0.717) is 0 Å². The molecule has 0 fully saturated rings. The first-order chi connectivity index (χ1) is 30.7. The van der Waals surface area contributed by atoms with Crippen LogP contribution < -0.4 is 4.90 Å². The highest BCUT2D eigenvalue weighted by Gasteiger charge is 2.19. The molecule has 0 bridgehead atoms. The minimum absolute atomic E-state index is 1.10. The smallest absolute Gasteiger partial charge is 0.0547 e. The lowest BCUT2D eigenvalue weighted by molar-refractivity contribution is 1.18. The van der Waals surface area contributed by atoms with Crippen molar-refractivity contribution in [2.24, 2.45) is 0 Å². The summed E-state index contributed by atoms with van der Waals surface area (Å²) < 4.78 is 2.40. The first-order valence-electron chi connectivity index (χ1n) is 21.3. The molecule has 1 aromatic heterocycles. The molecule has 62 heavy (non-hydrogen) atoms. The fraction of sp³-hybridized carbons (Fsp3) is 0. The van der Waals surface area contributed by atoms with E-state index >= 15 is 0 Å². The van der Waals surface area contributed by atoms with Gasteiger partial charge in [-0.15, -0.1) is 0 Å². The number of fused-ring (bicyclic) bond motifs is 6. The van der Waals surface area contributed by atoms with E-state index in [9.17, 15) is 0 Å². The van der Waals surface area contributed by atoms with E-state index in [1.165, 1.54) is 87.5 Å². The highest BCUT2D eigenvalue weighted by atomic mass is 15.1.